The molecule has 0 amide bonds. The van der Waals surface area contributed by atoms with Crippen molar-refractivity contribution in [3.05, 3.63) is 71.3 Å². The number of fused-ring (bicyclic) bond motifs is 1. The molecule has 0 atom stereocenters. The standard InChI is InChI=1S/C26H26F4/c1-2-3-4-16-5-7-17(8-6-16)18-9-11-21-19(13-18)10-12-22(25(21)29)20-14-23(27)26(30)24(28)15-20/h9-17H,2-8H2,1H3/t16-,17-. The smallest absolute Gasteiger partial charge is 0.194 e. The van der Waals surface area contributed by atoms with Crippen LogP contribution < -0.4 is 0 Å². The molecule has 30 heavy (non-hydrogen) atoms. The minimum atomic E-state index is -1.55. The second kappa shape index (κ2) is 8.79. The van der Waals surface area contributed by atoms with E-state index in [1.165, 1.54) is 43.7 Å². The molecule has 1 aliphatic carbocycles. The summed E-state index contributed by atoms with van der Waals surface area (Å²) in [7, 11) is 0. The molecule has 158 valence electrons. The van der Waals surface area contributed by atoms with Crippen LogP contribution in [0.2, 0.25) is 0 Å². The highest BCUT2D eigenvalue weighted by Gasteiger charge is 2.23. The molecular weight excluding hydrogens is 388 g/mol. The molecule has 1 fully saturated rings. The van der Waals surface area contributed by atoms with Gasteiger partial charge >= 0.3 is 0 Å². The van der Waals surface area contributed by atoms with E-state index in [1.54, 1.807) is 12.1 Å². The van der Waals surface area contributed by atoms with Gasteiger partial charge < -0.3 is 0 Å². The van der Waals surface area contributed by atoms with Crippen molar-refractivity contribution in [3.8, 4) is 11.1 Å². The van der Waals surface area contributed by atoms with Crippen LogP contribution in [-0.4, -0.2) is 0 Å². The van der Waals surface area contributed by atoms with Gasteiger partial charge in [0.1, 0.15) is 5.82 Å². The van der Waals surface area contributed by atoms with Crippen molar-refractivity contribution in [1.82, 2.24) is 0 Å². The van der Waals surface area contributed by atoms with E-state index in [4.69, 9.17) is 0 Å². The van der Waals surface area contributed by atoms with Gasteiger partial charge in [0.25, 0.3) is 0 Å². The lowest BCUT2D eigenvalue weighted by Gasteiger charge is -2.29. The molecule has 0 radical (unpaired) electrons. The topological polar surface area (TPSA) is 0 Å². The molecule has 0 aromatic heterocycles. The van der Waals surface area contributed by atoms with E-state index in [2.05, 4.69) is 6.92 Å². The molecule has 0 unspecified atom stereocenters. The fourth-order valence-electron chi connectivity index (χ4n) is 4.78. The Morgan fingerprint density at radius 2 is 1.50 bits per heavy atom. The molecule has 0 bridgehead atoms. The number of rotatable bonds is 5. The number of halogens is 4. The Bertz CT molecular complexity index is 1030. The van der Waals surface area contributed by atoms with Crippen molar-refractivity contribution in [2.24, 2.45) is 5.92 Å². The first-order valence-corrected chi connectivity index (χ1v) is 10.8. The minimum absolute atomic E-state index is 0.0136. The van der Waals surface area contributed by atoms with Gasteiger partial charge in [-0.1, -0.05) is 56.5 Å². The molecule has 0 N–H and O–H groups in total. The Kier molecular flexibility index (Phi) is 6.12. The summed E-state index contributed by atoms with van der Waals surface area (Å²) in [5.41, 5.74) is 1.27. The first-order valence-electron chi connectivity index (χ1n) is 10.8. The lowest BCUT2D eigenvalue weighted by molar-refractivity contribution is 0.304. The van der Waals surface area contributed by atoms with Crippen molar-refractivity contribution in [1.29, 1.82) is 0 Å². The SMILES string of the molecule is CCCC[C@H]1CC[C@H](c2ccc3c(F)c(-c4cc(F)c(F)c(F)c4)ccc3c2)CC1. The number of hydrogen-bond acceptors (Lipinski definition) is 0. The van der Waals surface area contributed by atoms with E-state index in [0.29, 0.717) is 11.3 Å². The maximum Gasteiger partial charge on any atom is 0.194 e. The average Bonchev–Trinajstić information content (AvgIpc) is 2.76. The van der Waals surface area contributed by atoms with E-state index < -0.39 is 23.3 Å². The lowest BCUT2D eigenvalue weighted by atomic mass is 9.77. The zero-order valence-corrected chi connectivity index (χ0v) is 17.2. The van der Waals surface area contributed by atoms with Crippen molar-refractivity contribution >= 4 is 10.8 Å². The quantitative estimate of drug-likeness (QED) is 0.290. The van der Waals surface area contributed by atoms with Gasteiger partial charge in [0.15, 0.2) is 17.5 Å². The third kappa shape index (κ3) is 4.10. The molecule has 0 aliphatic heterocycles. The van der Waals surface area contributed by atoms with Gasteiger partial charge in [-0.05, 0) is 66.2 Å². The van der Waals surface area contributed by atoms with Gasteiger partial charge in [-0.15, -0.1) is 0 Å². The molecule has 4 rings (SSSR count). The van der Waals surface area contributed by atoms with Crippen molar-refractivity contribution in [3.63, 3.8) is 0 Å². The Balaban J connectivity index is 1.59. The zero-order chi connectivity index (χ0) is 21.3. The summed E-state index contributed by atoms with van der Waals surface area (Å²) in [6.07, 6.45) is 8.68. The molecule has 0 heterocycles. The maximum atomic E-state index is 15.1. The van der Waals surface area contributed by atoms with E-state index >= 15 is 4.39 Å². The summed E-state index contributed by atoms with van der Waals surface area (Å²) in [6, 6.07) is 10.7. The maximum absolute atomic E-state index is 15.1. The molecule has 4 heteroatoms. The van der Waals surface area contributed by atoms with E-state index in [1.807, 2.05) is 12.1 Å². The number of unbranched alkanes of at least 4 members (excludes halogenated alkanes) is 1. The van der Waals surface area contributed by atoms with Crippen LogP contribution >= 0.6 is 0 Å². The third-order valence-electron chi connectivity index (χ3n) is 6.56. The van der Waals surface area contributed by atoms with Gasteiger partial charge in [0.05, 0.1) is 0 Å². The van der Waals surface area contributed by atoms with Crippen LogP contribution in [0, 0.1) is 29.2 Å². The highest BCUT2D eigenvalue weighted by molar-refractivity contribution is 5.89. The molecule has 1 saturated carbocycles. The van der Waals surface area contributed by atoms with Crippen molar-refractivity contribution in [2.75, 3.05) is 0 Å². The second-order valence-corrected chi connectivity index (χ2v) is 8.52. The molecule has 0 nitrogen and oxygen atoms in total. The lowest BCUT2D eigenvalue weighted by Crippen LogP contribution is -2.13. The molecule has 1 aliphatic rings. The summed E-state index contributed by atoms with van der Waals surface area (Å²) >= 11 is 0. The first kappa shape index (κ1) is 20.9. The van der Waals surface area contributed by atoms with Crippen LogP contribution in [0.25, 0.3) is 21.9 Å². The Labute approximate surface area is 174 Å². The van der Waals surface area contributed by atoms with Gasteiger partial charge in [0, 0.05) is 10.9 Å². The van der Waals surface area contributed by atoms with Gasteiger partial charge in [-0.2, -0.15) is 0 Å². The monoisotopic (exact) mass is 414 g/mol. The fraction of sp³-hybridized carbons (Fsp3) is 0.385. The highest BCUT2D eigenvalue weighted by Crippen LogP contribution is 2.39. The Morgan fingerprint density at radius 1 is 0.800 bits per heavy atom. The predicted octanol–water partition coefficient (Wildman–Crippen LogP) is 8.53. The predicted molar refractivity (Wildman–Crippen MR) is 113 cm³/mol. The molecule has 3 aromatic carbocycles. The largest absolute Gasteiger partial charge is 0.206 e. The minimum Gasteiger partial charge on any atom is -0.206 e. The van der Waals surface area contributed by atoms with E-state index in [9.17, 15) is 13.2 Å². The highest BCUT2D eigenvalue weighted by atomic mass is 19.2. The Hall–Kier alpha value is -2.36. The fourth-order valence-corrected chi connectivity index (χ4v) is 4.78. The molecular formula is C26H26F4. The van der Waals surface area contributed by atoms with Crippen LogP contribution in [0.5, 0.6) is 0 Å². The molecule has 0 saturated heterocycles. The Morgan fingerprint density at radius 3 is 2.17 bits per heavy atom. The molecule has 0 spiro atoms. The summed E-state index contributed by atoms with van der Waals surface area (Å²) in [6.45, 7) is 2.23. The average molecular weight is 414 g/mol. The summed E-state index contributed by atoms with van der Waals surface area (Å²) in [5, 5.41) is 1.17. The van der Waals surface area contributed by atoms with Crippen LogP contribution in [0.3, 0.4) is 0 Å². The normalized spacial score (nSPS) is 19.4. The number of hydrogen-bond donors (Lipinski definition) is 0. The summed E-state index contributed by atoms with van der Waals surface area (Å²) in [5.74, 6) is -3.42. The van der Waals surface area contributed by atoms with Crippen LogP contribution in [0.1, 0.15) is 63.4 Å². The molecule has 3 aromatic rings. The van der Waals surface area contributed by atoms with Crippen molar-refractivity contribution < 1.29 is 17.6 Å². The van der Waals surface area contributed by atoms with E-state index in [-0.39, 0.29) is 11.1 Å². The van der Waals surface area contributed by atoms with Gasteiger partial charge in [-0.25, -0.2) is 17.6 Å². The van der Waals surface area contributed by atoms with Gasteiger partial charge in [0.2, 0.25) is 0 Å². The first-order chi connectivity index (χ1) is 14.5. The van der Waals surface area contributed by atoms with Crippen LogP contribution in [-0.2, 0) is 0 Å². The van der Waals surface area contributed by atoms with Crippen molar-refractivity contribution in [2.45, 2.75) is 57.8 Å². The third-order valence-corrected chi connectivity index (χ3v) is 6.56. The second-order valence-electron chi connectivity index (χ2n) is 8.52. The van der Waals surface area contributed by atoms with Gasteiger partial charge in [-0.3, -0.25) is 0 Å². The summed E-state index contributed by atoms with van der Waals surface area (Å²) < 4.78 is 55.5. The van der Waals surface area contributed by atoms with Crippen LogP contribution in [0.15, 0.2) is 42.5 Å². The number of benzene rings is 3. The van der Waals surface area contributed by atoms with E-state index in [0.717, 1.165) is 36.3 Å². The zero-order valence-electron chi connectivity index (χ0n) is 17.2. The summed E-state index contributed by atoms with van der Waals surface area (Å²) in [4.78, 5) is 0. The van der Waals surface area contributed by atoms with Crippen LogP contribution in [0.4, 0.5) is 17.6 Å².